The lowest BCUT2D eigenvalue weighted by Gasteiger charge is -2.31. The van der Waals surface area contributed by atoms with Gasteiger partial charge in [-0.25, -0.2) is 0 Å². The molecule has 0 aromatic rings. The van der Waals surface area contributed by atoms with Crippen molar-refractivity contribution in [3.63, 3.8) is 0 Å². The smallest absolute Gasteiger partial charge is 0.374 e. The molecule has 0 N–H and O–H groups in total. The maximum atomic E-state index is 6.12. The first-order valence-electron chi connectivity index (χ1n) is 11.3. The van der Waals surface area contributed by atoms with Gasteiger partial charge in [0.05, 0.1) is 0 Å². The van der Waals surface area contributed by atoms with Crippen LogP contribution < -0.4 is 0 Å². The van der Waals surface area contributed by atoms with Gasteiger partial charge in [0.1, 0.15) is 0 Å². The van der Waals surface area contributed by atoms with Crippen molar-refractivity contribution in [1.82, 2.24) is 0 Å². The van der Waals surface area contributed by atoms with E-state index in [1.165, 1.54) is 0 Å². The van der Waals surface area contributed by atoms with Crippen LogP contribution in [0.4, 0.5) is 0 Å². The maximum Gasteiger partial charge on any atom is 0.501 e. The average molecular weight is 471 g/mol. The molecule has 6 nitrogen and oxygen atoms in total. The molecule has 0 saturated heterocycles. The quantitative estimate of drug-likeness (QED) is 0.175. The van der Waals surface area contributed by atoms with Crippen molar-refractivity contribution in [3.05, 3.63) is 0 Å². The Labute approximate surface area is 186 Å². The predicted molar refractivity (Wildman–Crippen MR) is 127 cm³/mol. The van der Waals surface area contributed by atoms with Crippen molar-refractivity contribution in [2.75, 3.05) is 37.9 Å². The summed E-state index contributed by atoms with van der Waals surface area (Å²) in [6, 6.07) is 1.74. The monoisotopic (exact) mass is 470 g/mol. The summed E-state index contributed by atoms with van der Waals surface area (Å²) >= 11 is 1.96. The Kier molecular flexibility index (Phi) is 17.5. The van der Waals surface area contributed by atoms with E-state index in [0.717, 1.165) is 36.4 Å². The Morgan fingerprint density at radius 3 is 1.14 bits per heavy atom. The zero-order chi connectivity index (χ0) is 22.2. The zero-order valence-corrected chi connectivity index (χ0v) is 22.9. The fourth-order valence-electron chi connectivity index (χ4n) is 3.11. The van der Waals surface area contributed by atoms with Crippen molar-refractivity contribution in [1.29, 1.82) is 0 Å². The van der Waals surface area contributed by atoms with Gasteiger partial charge in [0.15, 0.2) is 0 Å². The Hall–Kier alpha value is 0.544. The molecule has 0 atom stereocenters. The van der Waals surface area contributed by atoms with Crippen molar-refractivity contribution in [2.45, 2.75) is 92.5 Å². The average Bonchev–Trinajstić information content (AvgIpc) is 2.60. The summed E-state index contributed by atoms with van der Waals surface area (Å²) in [5, 5.41) is 0. The highest BCUT2D eigenvalue weighted by atomic mass is 32.2. The summed E-state index contributed by atoms with van der Waals surface area (Å²) in [4.78, 5) is 0. The van der Waals surface area contributed by atoms with E-state index in [1.54, 1.807) is 0 Å². The van der Waals surface area contributed by atoms with E-state index >= 15 is 0 Å². The van der Waals surface area contributed by atoms with E-state index < -0.39 is 17.6 Å². The fourth-order valence-corrected chi connectivity index (χ4v) is 10.2. The third-order valence-electron chi connectivity index (χ3n) is 3.83. The van der Waals surface area contributed by atoms with Crippen LogP contribution in [0.15, 0.2) is 0 Å². The van der Waals surface area contributed by atoms with Crippen LogP contribution in [-0.2, 0) is 26.6 Å². The molecule has 0 aliphatic rings. The standard InChI is InChI=1S/C20H46O6SSi2/c1-9-21-28(22-10-2,25-19(5)6)17-13-15-27-16-14-18-29(23-11-3,24-12-4)26-20(7)8/h19-20H,9-18H2,1-8H3. The molecule has 0 amide bonds. The molecular formula is C20H46O6SSi2. The SMILES string of the molecule is CCO[Si](CCCSCCC[Si](OCC)(OCC)OC(C)C)(OCC)OC(C)C. The molecule has 0 spiro atoms. The molecule has 0 heterocycles. The predicted octanol–water partition coefficient (Wildman–Crippen LogP) is 5.37. The second kappa shape index (κ2) is 17.1. The van der Waals surface area contributed by atoms with Crippen LogP contribution in [-0.4, -0.2) is 67.8 Å². The van der Waals surface area contributed by atoms with Crippen molar-refractivity contribution in [3.8, 4) is 0 Å². The molecule has 29 heavy (non-hydrogen) atoms. The summed E-state index contributed by atoms with van der Waals surface area (Å²) < 4.78 is 36.2. The summed E-state index contributed by atoms with van der Waals surface area (Å²) in [7, 11) is -5.13. The van der Waals surface area contributed by atoms with Crippen molar-refractivity contribution >= 4 is 29.4 Å². The van der Waals surface area contributed by atoms with Gasteiger partial charge in [-0.1, -0.05) is 0 Å². The van der Waals surface area contributed by atoms with Gasteiger partial charge < -0.3 is 26.6 Å². The van der Waals surface area contributed by atoms with Gasteiger partial charge >= 0.3 is 17.6 Å². The second-order valence-corrected chi connectivity index (χ2v) is 13.8. The summed E-state index contributed by atoms with van der Waals surface area (Å²) in [5.74, 6) is 2.14. The topological polar surface area (TPSA) is 55.4 Å². The Morgan fingerprint density at radius 2 is 0.897 bits per heavy atom. The summed E-state index contributed by atoms with van der Waals surface area (Å²) in [6.45, 7) is 18.7. The minimum Gasteiger partial charge on any atom is -0.374 e. The molecule has 176 valence electrons. The molecule has 0 aliphatic heterocycles. The highest BCUT2D eigenvalue weighted by Gasteiger charge is 2.42. The van der Waals surface area contributed by atoms with Crippen LogP contribution >= 0.6 is 11.8 Å². The van der Waals surface area contributed by atoms with E-state index in [2.05, 4.69) is 0 Å². The molecule has 0 aromatic carbocycles. The van der Waals surface area contributed by atoms with Crippen molar-refractivity contribution < 1.29 is 26.6 Å². The molecular weight excluding hydrogens is 424 g/mol. The van der Waals surface area contributed by atoms with Gasteiger partial charge in [-0.2, -0.15) is 11.8 Å². The summed E-state index contributed by atoms with van der Waals surface area (Å²) in [5.41, 5.74) is 0. The lowest BCUT2D eigenvalue weighted by atomic mass is 10.5. The minimum absolute atomic E-state index is 0.114. The van der Waals surface area contributed by atoms with E-state index in [9.17, 15) is 0 Å². The molecule has 0 aromatic heterocycles. The Morgan fingerprint density at radius 1 is 0.586 bits per heavy atom. The minimum atomic E-state index is -2.56. The summed E-state index contributed by atoms with van der Waals surface area (Å²) in [6.07, 6.45) is 2.30. The molecule has 9 heteroatoms. The maximum absolute atomic E-state index is 6.12. The van der Waals surface area contributed by atoms with E-state index in [1.807, 2.05) is 67.2 Å². The zero-order valence-electron chi connectivity index (χ0n) is 20.1. The van der Waals surface area contributed by atoms with Crippen LogP contribution in [0.3, 0.4) is 0 Å². The van der Waals surface area contributed by atoms with Gasteiger partial charge in [-0.3, -0.25) is 0 Å². The van der Waals surface area contributed by atoms with Gasteiger partial charge in [-0.15, -0.1) is 0 Å². The van der Waals surface area contributed by atoms with E-state index in [-0.39, 0.29) is 12.2 Å². The van der Waals surface area contributed by atoms with Crippen LogP contribution in [0.25, 0.3) is 0 Å². The lowest BCUT2D eigenvalue weighted by molar-refractivity contribution is 0.0433. The van der Waals surface area contributed by atoms with Gasteiger partial charge in [-0.05, 0) is 79.7 Å². The first-order chi connectivity index (χ1) is 13.8. The van der Waals surface area contributed by atoms with Crippen LogP contribution in [0.1, 0.15) is 68.2 Å². The third-order valence-corrected chi connectivity index (χ3v) is 11.5. The number of rotatable bonds is 20. The molecule has 0 radical (unpaired) electrons. The largest absolute Gasteiger partial charge is 0.501 e. The molecule has 0 bridgehead atoms. The number of hydrogen-bond donors (Lipinski definition) is 0. The van der Waals surface area contributed by atoms with Crippen LogP contribution in [0, 0.1) is 0 Å². The molecule has 0 unspecified atom stereocenters. The Balaban J connectivity index is 4.42. The lowest BCUT2D eigenvalue weighted by Crippen LogP contribution is -2.47. The molecule has 0 aliphatic carbocycles. The van der Waals surface area contributed by atoms with Gasteiger partial charge in [0.2, 0.25) is 0 Å². The first kappa shape index (κ1) is 29.5. The normalized spacial score (nSPS) is 13.0. The van der Waals surface area contributed by atoms with Crippen LogP contribution in [0.5, 0.6) is 0 Å². The van der Waals surface area contributed by atoms with E-state index in [0.29, 0.717) is 26.4 Å². The third kappa shape index (κ3) is 13.5. The van der Waals surface area contributed by atoms with Crippen LogP contribution in [0.2, 0.25) is 12.1 Å². The highest BCUT2D eigenvalue weighted by Crippen LogP contribution is 2.24. The first-order valence-corrected chi connectivity index (χ1v) is 16.3. The molecule has 0 rings (SSSR count). The van der Waals surface area contributed by atoms with Crippen molar-refractivity contribution in [2.24, 2.45) is 0 Å². The second-order valence-electron chi connectivity index (χ2n) is 7.25. The van der Waals surface area contributed by atoms with Gasteiger partial charge in [0, 0.05) is 50.7 Å². The van der Waals surface area contributed by atoms with Gasteiger partial charge in [0.25, 0.3) is 0 Å². The molecule has 0 fully saturated rings. The Bertz CT molecular complexity index is 342. The number of hydrogen-bond acceptors (Lipinski definition) is 7. The fraction of sp³-hybridized carbons (Fsp3) is 1.00. The number of thioether (sulfide) groups is 1. The van der Waals surface area contributed by atoms with E-state index in [4.69, 9.17) is 26.6 Å². The molecule has 0 saturated carbocycles. The highest BCUT2D eigenvalue weighted by molar-refractivity contribution is 7.99.